The van der Waals surface area contributed by atoms with Crippen LogP contribution in [0.25, 0.3) is 0 Å². The third-order valence-electron chi connectivity index (χ3n) is 8.28. The van der Waals surface area contributed by atoms with Crippen LogP contribution in [0.5, 0.6) is 0 Å². The lowest BCUT2D eigenvalue weighted by Gasteiger charge is -2.41. The number of benzene rings is 2. The van der Waals surface area contributed by atoms with Crippen molar-refractivity contribution in [2.45, 2.75) is 64.3 Å². The molecule has 1 fully saturated rings. The van der Waals surface area contributed by atoms with Crippen molar-refractivity contribution >= 4 is 17.6 Å². The van der Waals surface area contributed by atoms with Gasteiger partial charge in [0, 0.05) is 49.4 Å². The first-order valence-electron chi connectivity index (χ1n) is 12.4. The van der Waals surface area contributed by atoms with E-state index in [0.717, 1.165) is 31.2 Å². The molecule has 180 valence electrons. The van der Waals surface area contributed by atoms with Gasteiger partial charge >= 0.3 is 0 Å². The van der Waals surface area contributed by atoms with Crippen LogP contribution in [0.15, 0.2) is 48.5 Å². The summed E-state index contributed by atoms with van der Waals surface area (Å²) in [5.41, 5.74) is 3.88. The Balaban J connectivity index is 1.50. The smallest absolute Gasteiger partial charge is 0.226 e. The fourth-order valence-electron chi connectivity index (χ4n) is 5.74. The molecule has 2 aromatic rings. The standard InChI is InChI=1S/C29H36N2O3/c1-19-25(21-8-6-5-7-9-21)17-24(27(33)31(19)4)18-26(32)23-11-10-20-12-14-29(2,28(34)30-3)15-13-22(20)16-23/h5-11,16,19,24-25H,12-15,17-18H2,1-4H3,(H,30,34)/t19-,24-,25-,29?/m1/s1. The number of fused-ring (bicyclic) bond motifs is 1. The third kappa shape index (κ3) is 4.66. The van der Waals surface area contributed by atoms with Gasteiger partial charge in [-0.3, -0.25) is 14.4 Å². The molecule has 5 heteroatoms. The lowest BCUT2D eigenvalue weighted by atomic mass is 9.77. The average Bonchev–Trinajstić information content (AvgIpc) is 3.03. The second-order valence-electron chi connectivity index (χ2n) is 10.4. The Bertz CT molecular complexity index is 1080. The number of ketones is 1. The van der Waals surface area contributed by atoms with Crippen molar-refractivity contribution < 1.29 is 14.4 Å². The minimum Gasteiger partial charge on any atom is -0.359 e. The molecular formula is C29H36N2O3. The van der Waals surface area contributed by atoms with E-state index in [1.54, 1.807) is 7.05 Å². The third-order valence-corrected chi connectivity index (χ3v) is 8.28. The average molecular weight is 461 g/mol. The molecule has 0 bridgehead atoms. The van der Waals surface area contributed by atoms with Gasteiger partial charge in [0.15, 0.2) is 5.78 Å². The fourth-order valence-corrected chi connectivity index (χ4v) is 5.74. The Kier molecular flexibility index (Phi) is 6.92. The monoisotopic (exact) mass is 460 g/mol. The molecular weight excluding hydrogens is 424 g/mol. The number of carbonyl (C=O) groups excluding carboxylic acids is 3. The summed E-state index contributed by atoms with van der Waals surface area (Å²) in [4.78, 5) is 40.6. The van der Waals surface area contributed by atoms with E-state index in [1.807, 2.05) is 55.3 Å². The SMILES string of the molecule is CNC(=O)C1(C)CCc2ccc(C(=O)C[C@H]3C[C@@H](c4ccccc4)[C@@H](C)N(C)C3=O)cc2CC1. The van der Waals surface area contributed by atoms with Crippen molar-refractivity contribution in [2.24, 2.45) is 11.3 Å². The number of likely N-dealkylation sites (N-methyl/N-ethyl adjacent to an activating group) is 1. The van der Waals surface area contributed by atoms with E-state index in [2.05, 4.69) is 24.4 Å². The zero-order valence-electron chi connectivity index (χ0n) is 20.8. The highest BCUT2D eigenvalue weighted by Gasteiger charge is 2.39. The van der Waals surface area contributed by atoms with Crippen molar-refractivity contribution in [3.05, 3.63) is 70.8 Å². The molecule has 2 aliphatic rings. The van der Waals surface area contributed by atoms with Gasteiger partial charge in [-0.05, 0) is 61.8 Å². The number of rotatable bonds is 5. The molecule has 1 N–H and O–H groups in total. The first-order chi connectivity index (χ1) is 16.2. The Hall–Kier alpha value is -2.95. The number of nitrogens with one attached hydrogen (secondary N) is 1. The first kappa shape index (κ1) is 24.2. The highest BCUT2D eigenvalue weighted by atomic mass is 16.2. The van der Waals surface area contributed by atoms with Gasteiger partial charge in [-0.15, -0.1) is 0 Å². The zero-order chi connectivity index (χ0) is 24.5. The van der Waals surface area contributed by atoms with Crippen molar-refractivity contribution in [3.63, 3.8) is 0 Å². The predicted octanol–water partition coefficient (Wildman–Crippen LogP) is 4.54. The van der Waals surface area contributed by atoms with E-state index < -0.39 is 0 Å². The number of piperidine rings is 1. The van der Waals surface area contributed by atoms with Crippen molar-refractivity contribution in [2.75, 3.05) is 14.1 Å². The molecule has 0 radical (unpaired) electrons. The molecule has 5 nitrogen and oxygen atoms in total. The molecule has 0 saturated carbocycles. The lowest BCUT2D eigenvalue weighted by molar-refractivity contribution is -0.140. The van der Waals surface area contributed by atoms with Crippen LogP contribution >= 0.6 is 0 Å². The molecule has 1 aliphatic carbocycles. The minimum absolute atomic E-state index is 0.0224. The largest absolute Gasteiger partial charge is 0.359 e. The number of hydrogen-bond acceptors (Lipinski definition) is 3. The summed E-state index contributed by atoms with van der Waals surface area (Å²) in [6, 6.07) is 16.3. The van der Waals surface area contributed by atoms with E-state index in [0.29, 0.717) is 12.0 Å². The van der Waals surface area contributed by atoms with Gasteiger partial charge < -0.3 is 10.2 Å². The minimum atomic E-state index is -0.389. The van der Waals surface area contributed by atoms with Crippen LogP contribution in [0.1, 0.15) is 72.5 Å². The Morgan fingerprint density at radius 1 is 1.06 bits per heavy atom. The summed E-state index contributed by atoms with van der Waals surface area (Å²) in [7, 11) is 3.54. The van der Waals surface area contributed by atoms with Gasteiger partial charge in [0.2, 0.25) is 11.8 Å². The number of Topliss-reactive ketones (excluding diaryl/α,β-unsaturated/α-hetero) is 1. The Morgan fingerprint density at radius 2 is 1.74 bits per heavy atom. The molecule has 1 unspecified atom stereocenters. The number of carbonyl (C=O) groups is 3. The highest BCUT2D eigenvalue weighted by molar-refractivity contribution is 5.99. The van der Waals surface area contributed by atoms with Crippen molar-refractivity contribution in [1.29, 1.82) is 0 Å². The predicted molar refractivity (Wildman–Crippen MR) is 134 cm³/mol. The van der Waals surface area contributed by atoms with E-state index >= 15 is 0 Å². The van der Waals surface area contributed by atoms with Crippen LogP contribution in [0.3, 0.4) is 0 Å². The molecule has 0 spiro atoms. The number of nitrogens with zero attached hydrogens (tertiary/aromatic N) is 1. The van der Waals surface area contributed by atoms with Crippen LogP contribution < -0.4 is 5.32 Å². The van der Waals surface area contributed by atoms with Crippen molar-refractivity contribution in [3.8, 4) is 0 Å². The van der Waals surface area contributed by atoms with Gasteiger partial charge in [-0.2, -0.15) is 0 Å². The summed E-state index contributed by atoms with van der Waals surface area (Å²) in [5, 5.41) is 2.80. The van der Waals surface area contributed by atoms with E-state index in [1.165, 1.54) is 11.1 Å². The quantitative estimate of drug-likeness (QED) is 0.526. The number of hydrogen-bond donors (Lipinski definition) is 1. The van der Waals surface area contributed by atoms with Gasteiger partial charge in [-0.25, -0.2) is 0 Å². The van der Waals surface area contributed by atoms with Crippen LogP contribution in [0, 0.1) is 11.3 Å². The maximum atomic E-state index is 13.3. The lowest BCUT2D eigenvalue weighted by Crippen LogP contribution is -2.48. The topological polar surface area (TPSA) is 66.5 Å². The summed E-state index contributed by atoms with van der Waals surface area (Å²) < 4.78 is 0. The Labute approximate surface area is 202 Å². The van der Waals surface area contributed by atoms with Gasteiger partial charge in [0.1, 0.15) is 0 Å². The molecule has 4 rings (SSSR count). The van der Waals surface area contributed by atoms with Crippen LogP contribution in [0.2, 0.25) is 0 Å². The van der Waals surface area contributed by atoms with Crippen LogP contribution in [-0.4, -0.2) is 42.6 Å². The van der Waals surface area contributed by atoms with Gasteiger partial charge in [0.25, 0.3) is 0 Å². The number of aryl methyl sites for hydroxylation is 2. The molecule has 0 aromatic heterocycles. The summed E-state index contributed by atoms with van der Waals surface area (Å²) >= 11 is 0. The van der Waals surface area contributed by atoms with E-state index in [4.69, 9.17) is 0 Å². The number of likely N-dealkylation sites (tertiary alicyclic amines) is 1. The maximum Gasteiger partial charge on any atom is 0.226 e. The zero-order valence-corrected chi connectivity index (χ0v) is 20.8. The van der Waals surface area contributed by atoms with Gasteiger partial charge in [-0.1, -0.05) is 49.4 Å². The summed E-state index contributed by atoms with van der Waals surface area (Å²) in [5.74, 6) is 0.0717. The summed E-state index contributed by atoms with van der Waals surface area (Å²) in [6.45, 7) is 4.12. The molecule has 2 amide bonds. The molecule has 4 atom stereocenters. The first-order valence-corrected chi connectivity index (χ1v) is 12.4. The molecule has 1 aliphatic heterocycles. The van der Waals surface area contributed by atoms with Crippen LogP contribution in [-0.2, 0) is 22.4 Å². The highest BCUT2D eigenvalue weighted by Crippen LogP contribution is 2.38. The molecule has 1 heterocycles. The second-order valence-corrected chi connectivity index (χ2v) is 10.4. The molecule has 1 saturated heterocycles. The normalized spacial score (nSPS) is 27.0. The fraction of sp³-hybridized carbons (Fsp3) is 0.483. The van der Waals surface area contributed by atoms with E-state index in [9.17, 15) is 14.4 Å². The van der Waals surface area contributed by atoms with Gasteiger partial charge in [0.05, 0.1) is 0 Å². The van der Waals surface area contributed by atoms with E-state index in [-0.39, 0.29) is 47.3 Å². The second kappa shape index (κ2) is 9.73. The summed E-state index contributed by atoms with van der Waals surface area (Å²) in [6.07, 6.45) is 4.09. The Morgan fingerprint density at radius 3 is 2.41 bits per heavy atom. The maximum absolute atomic E-state index is 13.3. The van der Waals surface area contributed by atoms with Crippen molar-refractivity contribution in [1.82, 2.24) is 10.2 Å². The van der Waals surface area contributed by atoms with Crippen LogP contribution in [0.4, 0.5) is 0 Å². The number of amides is 2. The molecule has 34 heavy (non-hydrogen) atoms. The molecule has 2 aromatic carbocycles.